The molecule has 0 radical (unpaired) electrons. The molecule has 1 aromatic carbocycles. The summed E-state index contributed by atoms with van der Waals surface area (Å²) >= 11 is 0. The number of carbonyl (C=O) groups excluding carboxylic acids is 1. The highest BCUT2D eigenvalue weighted by Crippen LogP contribution is 2.17. The molecule has 0 fully saturated rings. The first-order chi connectivity index (χ1) is 8.22. The molecule has 17 heavy (non-hydrogen) atoms. The first-order valence-corrected chi connectivity index (χ1v) is 5.47. The lowest BCUT2D eigenvalue weighted by molar-refractivity contribution is 0.103. The Labute approximate surface area is 101 Å². The average Bonchev–Trinajstić information content (AvgIpc) is 2.39. The van der Waals surface area contributed by atoms with Gasteiger partial charge in [-0.2, -0.15) is 0 Å². The van der Waals surface area contributed by atoms with Crippen LogP contribution in [0.4, 0.5) is 5.82 Å². The maximum atomic E-state index is 12.3. The second-order valence-electron chi connectivity index (χ2n) is 3.79. The molecule has 3 nitrogen and oxygen atoms in total. The van der Waals surface area contributed by atoms with Gasteiger partial charge in [-0.3, -0.25) is 4.79 Å². The van der Waals surface area contributed by atoms with Crippen molar-refractivity contribution in [2.24, 2.45) is 0 Å². The number of carbonyl (C=O) groups is 1. The Bertz CT molecular complexity index is 535. The number of rotatable bonds is 3. The molecule has 3 heteroatoms. The normalized spacial score (nSPS) is 10.0. The zero-order valence-corrected chi connectivity index (χ0v) is 9.90. The zero-order chi connectivity index (χ0) is 12.3. The lowest BCUT2D eigenvalue weighted by Crippen LogP contribution is -2.07. The number of pyridine rings is 1. The first kappa shape index (κ1) is 11.3. The number of aromatic nitrogens is 1. The highest BCUT2D eigenvalue weighted by atomic mass is 16.1. The minimum atomic E-state index is -0.0116. The Morgan fingerprint density at radius 2 is 1.82 bits per heavy atom. The Balaban J connectivity index is 2.44. The topological polar surface area (TPSA) is 42.0 Å². The fourth-order valence-electron chi connectivity index (χ4n) is 1.68. The molecule has 0 aliphatic heterocycles. The van der Waals surface area contributed by atoms with Crippen LogP contribution in [0.15, 0.2) is 42.5 Å². The van der Waals surface area contributed by atoms with Crippen LogP contribution in [0.3, 0.4) is 0 Å². The summed E-state index contributed by atoms with van der Waals surface area (Å²) in [7, 11) is 1.77. The number of anilines is 1. The van der Waals surface area contributed by atoms with Gasteiger partial charge in [0, 0.05) is 18.3 Å². The summed E-state index contributed by atoms with van der Waals surface area (Å²) in [5, 5.41) is 2.96. The molecule has 1 aromatic heterocycles. The van der Waals surface area contributed by atoms with Gasteiger partial charge in [-0.1, -0.05) is 30.3 Å². The molecular weight excluding hydrogens is 212 g/mol. The van der Waals surface area contributed by atoms with Crippen LogP contribution in [0.2, 0.25) is 0 Å². The number of nitrogens with one attached hydrogen (secondary N) is 1. The summed E-state index contributed by atoms with van der Waals surface area (Å²) in [4.78, 5) is 16.6. The average molecular weight is 226 g/mol. The van der Waals surface area contributed by atoms with Crippen molar-refractivity contribution in [2.45, 2.75) is 6.92 Å². The van der Waals surface area contributed by atoms with Gasteiger partial charge in [0.1, 0.15) is 5.82 Å². The molecule has 0 amide bonds. The van der Waals surface area contributed by atoms with Crippen LogP contribution in [-0.4, -0.2) is 17.8 Å². The number of hydrogen-bond donors (Lipinski definition) is 1. The van der Waals surface area contributed by atoms with Crippen molar-refractivity contribution in [3.8, 4) is 0 Å². The second-order valence-corrected chi connectivity index (χ2v) is 3.79. The Hall–Kier alpha value is -2.16. The molecule has 0 aliphatic rings. The molecule has 1 N–H and O–H groups in total. The van der Waals surface area contributed by atoms with Crippen LogP contribution in [-0.2, 0) is 0 Å². The fourth-order valence-corrected chi connectivity index (χ4v) is 1.68. The van der Waals surface area contributed by atoms with E-state index in [-0.39, 0.29) is 5.78 Å². The summed E-state index contributed by atoms with van der Waals surface area (Å²) in [5.41, 5.74) is 2.16. The maximum absolute atomic E-state index is 12.3. The monoisotopic (exact) mass is 226 g/mol. The summed E-state index contributed by atoms with van der Waals surface area (Å²) in [6, 6.07) is 12.9. The van der Waals surface area contributed by atoms with Crippen molar-refractivity contribution in [2.75, 3.05) is 12.4 Å². The minimum Gasteiger partial charge on any atom is -0.373 e. The van der Waals surface area contributed by atoms with E-state index in [4.69, 9.17) is 0 Å². The van der Waals surface area contributed by atoms with Gasteiger partial charge in [-0.15, -0.1) is 0 Å². The van der Waals surface area contributed by atoms with E-state index in [1.165, 1.54) is 0 Å². The van der Waals surface area contributed by atoms with E-state index in [9.17, 15) is 4.79 Å². The highest BCUT2D eigenvalue weighted by molar-refractivity contribution is 6.11. The SMILES string of the molecule is CNc1nc(C)ccc1C(=O)c1ccccc1. The van der Waals surface area contributed by atoms with E-state index < -0.39 is 0 Å². The van der Waals surface area contributed by atoms with E-state index in [1.807, 2.05) is 49.4 Å². The third-order valence-corrected chi connectivity index (χ3v) is 2.55. The molecule has 0 atom stereocenters. The third-order valence-electron chi connectivity index (χ3n) is 2.55. The molecule has 0 unspecified atom stereocenters. The number of hydrogen-bond acceptors (Lipinski definition) is 3. The van der Waals surface area contributed by atoms with Crippen LogP contribution < -0.4 is 5.32 Å². The van der Waals surface area contributed by atoms with Crippen LogP contribution in [0.1, 0.15) is 21.6 Å². The van der Waals surface area contributed by atoms with Gasteiger partial charge in [0.15, 0.2) is 5.78 Å². The van der Waals surface area contributed by atoms with Crippen molar-refractivity contribution in [1.29, 1.82) is 0 Å². The molecule has 0 saturated carbocycles. The lowest BCUT2D eigenvalue weighted by atomic mass is 10.0. The van der Waals surface area contributed by atoms with Crippen LogP contribution in [0, 0.1) is 6.92 Å². The van der Waals surface area contributed by atoms with E-state index in [0.717, 1.165) is 5.69 Å². The van der Waals surface area contributed by atoms with Gasteiger partial charge in [-0.05, 0) is 19.1 Å². The van der Waals surface area contributed by atoms with Crippen LogP contribution in [0.5, 0.6) is 0 Å². The summed E-state index contributed by atoms with van der Waals surface area (Å²) < 4.78 is 0. The van der Waals surface area contributed by atoms with Gasteiger partial charge in [0.25, 0.3) is 0 Å². The largest absolute Gasteiger partial charge is 0.373 e. The number of benzene rings is 1. The van der Waals surface area contributed by atoms with Crippen molar-refractivity contribution < 1.29 is 4.79 Å². The molecule has 0 saturated heterocycles. The van der Waals surface area contributed by atoms with Gasteiger partial charge in [0.2, 0.25) is 0 Å². The van der Waals surface area contributed by atoms with Crippen molar-refractivity contribution in [3.05, 3.63) is 59.3 Å². The van der Waals surface area contributed by atoms with E-state index in [1.54, 1.807) is 7.05 Å². The predicted octanol–water partition coefficient (Wildman–Crippen LogP) is 2.66. The van der Waals surface area contributed by atoms with Crippen LogP contribution >= 0.6 is 0 Å². The summed E-state index contributed by atoms with van der Waals surface area (Å²) in [5.74, 6) is 0.612. The van der Waals surface area contributed by atoms with Crippen LogP contribution in [0.25, 0.3) is 0 Å². The van der Waals surface area contributed by atoms with Gasteiger partial charge >= 0.3 is 0 Å². The van der Waals surface area contributed by atoms with E-state index in [2.05, 4.69) is 10.3 Å². The van der Waals surface area contributed by atoms with Crippen molar-refractivity contribution in [1.82, 2.24) is 4.98 Å². The van der Waals surface area contributed by atoms with Crippen molar-refractivity contribution >= 4 is 11.6 Å². The van der Waals surface area contributed by atoms with E-state index >= 15 is 0 Å². The molecule has 2 rings (SSSR count). The smallest absolute Gasteiger partial charge is 0.196 e. The fraction of sp³-hybridized carbons (Fsp3) is 0.143. The van der Waals surface area contributed by atoms with Gasteiger partial charge in [0.05, 0.1) is 5.56 Å². The molecule has 0 bridgehead atoms. The number of ketones is 1. The highest BCUT2D eigenvalue weighted by Gasteiger charge is 2.13. The first-order valence-electron chi connectivity index (χ1n) is 5.47. The molecule has 2 aromatic rings. The molecule has 0 aliphatic carbocycles. The minimum absolute atomic E-state index is 0.0116. The number of nitrogens with zero attached hydrogens (tertiary/aromatic N) is 1. The predicted molar refractivity (Wildman–Crippen MR) is 68.4 cm³/mol. The lowest BCUT2D eigenvalue weighted by Gasteiger charge is -2.08. The third kappa shape index (κ3) is 2.33. The maximum Gasteiger partial charge on any atom is 0.196 e. The second kappa shape index (κ2) is 4.78. The summed E-state index contributed by atoms with van der Waals surface area (Å²) in [6.07, 6.45) is 0. The van der Waals surface area contributed by atoms with Gasteiger partial charge in [-0.25, -0.2) is 4.98 Å². The molecule has 0 spiro atoms. The Kier molecular flexibility index (Phi) is 3.19. The zero-order valence-electron chi connectivity index (χ0n) is 9.90. The van der Waals surface area contributed by atoms with Gasteiger partial charge < -0.3 is 5.32 Å². The molecule has 1 heterocycles. The van der Waals surface area contributed by atoms with E-state index in [0.29, 0.717) is 16.9 Å². The van der Waals surface area contributed by atoms with Crippen molar-refractivity contribution in [3.63, 3.8) is 0 Å². The Morgan fingerprint density at radius 1 is 1.12 bits per heavy atom. The quantitative estimate of drug-likeness (QED) is 0.818. The molecule has 86 valence electrons. The Morgan fingerprint density at radius 3 is 2.47 bits per heavy atom. The summed E-state index contributed by atoms with van der Waals surface area (Å²) in [6.45, 7) is 1.90. The standard InChI is InChI=1S/C14H14N2O/c1-10-8-9-12(14(15-2)16-10)13(17)11-6-4-3-5-7-11/h3-9H,1-2H3,(H,15,16). The number of aryl methyl sites for hydroxylation is 1. The molecular formula is C14H14N2O.